The smallest absolute Gasteiger partial charge is 0.207 e. The van der Waals surface area contributed by atoms with Gasteiger partial charge >= 0.3 is 0 Å². The molecule has 0 aliphatic heterocycles. The lowest BCUT2D eigenvalue weighted by Crippen LogP contribution is -2.22. The first-order valence-corrected chi connectivity index (χ1v) is 10.5. The molecule has 0 saturated heterocycles. The predicted molar refractivity (Wildman–Crippen MR) is 82.8 cm³/mol. The molecule has 1 heterocycles. The molecule has 0 fully saturated rings. The van der Waals surface area contributed by atoms with Crippen LogP contribution in [0.15, 0.2) is 45.5 Å². The molecule has 2 rings (SSSR count). The molecule has 2 aromatic rings. The number of benzene rings is 1. The van der Waals surface area contributed by atoms with Crippen LogP contribution in [0.25, 0.3) is 0 Å². The topological polar surface area (TPSA) is 80.3 Å². The Morgan fingerprint density at radius 1 is 1.00 bits per heavy atom. The first-order chi connectivity index (χ1) is 9.68. The van der Waals surface area contributed by atoms with Crippen LogP contribution in [-0.4, -0.2) is 16.8 Å². The second kappa shape index (κ2) is 6.23. The molecular weight excluding hydrogens is 377 g/mol. The molecule has 1 N–H and O–H groups in total. The zero-order valence-corrected chi connectivity index (χ0v) is 14.2. The van der Waals surface area contributed by atoms with Crippen molar-refractivity contribution in [3.05, 3.63) is 46.3 Å². The van der Waals surface area contributed by atoms with E-state index in [9.17, 15) is 16.8 Å². The highest BCUT2D eigenvalue weighted by Crippen LogP contribution is 2.25. The molecule has 0 radical (unpaired) electrons. The molecule has 114 valence electrons. The summed E-state index contributed by atoms with van der Waals surface area (Å²) in [6.45, 7) is -0.0258. The maximum Gasteiger partial charge on any atom is 0.270 e. The lowest BCUT2D eigenvalue weighted by molar-refractivity contribution is 0.582. The number of hydrogen-bond acceptors (Lipinski definition) is 5. The molecule has 0 bridgehead atoms. The van der Waals surface area contributed by atoms with Gasteiger partial charge < -0.3 is 0 Å². The Kier molecular flexibility index (Phi) is 4.96. The minimum atomic E-state index is -3.79. The Labute approximate surface area is 136 Å². The molecule has 1 aromatic heterocycles. The minimum absolute atomic E-state index is 0.0233. The summed E-state index contributed by atoms with van der Waals surface area (Å²) in [6.07, 6.45) is 0. The third-order valence-corrected chi connectivity index (χ3v) is 7.28. The van der Waals surface area contributed by atoms with Crippen molar-refractivity contribution in [3.8, 4) is 0 Å². The molecule has 5 nitrogen and oxygen atoms in total. The number of hydrogen-bond donors (Lipinski definition) is 1. The van der Waals surface area contributed by atoms with Crippen molar-refractivity contribution < 1.29 is 16.8 Å². The Morgan fingerprint density at radius 2 is 1.62 bits per heavy atom. The lowest BCUT2D eigenvalue weighted by atomic mass is 10.4. The largest absolute Gasteiger partial charge is 0.270 e. The van der Waals surface area contributed by atoms with E-state index in [4.69, 9.17) is 22.3 Å². The van der Waals surface area contributed by atoms with E-state index in [-0.39, 0.29) is 15.6 Å². The summed E-state index contributed by atoms with van der Waals surface area (Å²) in [6, 6.07) is 8.55. The van der Waals surface area contributed by atoms with Gasteiger partial charge in [-0.3, -0.25) is 0 Å². The molecule has 0 amide bonds. The normalized spacial score (nSPS) is 12.5. The van der Waals surface area contributed by atoms with Crippen LogP contribution in [0.1, 0.15) is 4.88 Å². The van der Waals surface area contributed by atoms with E-state index in [0.717, 1.165) is 11.3 Å². The summed E-state index contributed by atoms with van der Waals surface area (Å²) in [5.41, 5.74) is 0. The van der Waals surface area contributed by atoms with Gasteiger partial charge in [-0.15, -0.1) is 11.3 Å². The maximum absolute atomic E-state index is 12.0. The number of halogens is 2. The van der Waals surface area contributed by atoms with E-state index in [0.29, 0.717) is 9.90 Å². The average molecular weight is 386 g/mol. The Morgan fingerprint density at radius 3 is 2.14 bits per heavy atom. The van der Waals surface area contributed by atoms with Crippen molar-refractivity contribution in [2.75, 3.05) is 0 Å². The van der Waals surface area contributed by atoms with Crippen molar-refractivity contribution in [2.24, 2.45) is 0 Å². The quantitative estimate of drug-likeness (QED) is 0.802. The Hall–Kier alpha value is -0.640. The molecule has 0 unspecified atom stereocenters. The van der Waals surface area contributed by atoms with Crippen LogP contribution in [0.4, 0.5) is 0 Å². The monoisotopic (exact) mass is 385 g/mol. The molecule has 21 heavy (non-hydrogen) atoms. The predicted octanol–water partition coefficient (Wildman–Crippen LogP) is 2.81. The fourth-order valence-electron chi connectivity index (χ4n) is 1.45. The second-order valence-electron chi connectivity index (χ2n) is 3.94. The molecular formula is C11H9Cl2NO4S3. The van der Waals surface area contributed by atoms with Crippen LogP contribution < -0.4 is 4.72 Å². The Balaban J connectivity index is 2.12. The second-order valence-corrected chi connectivity index (χ2v) is 10.1. The highest BCUT2D eigenvalue weighted by molar-refractivity contribution is 8.15. The molecule has 0 aliphatic rings. The number of sulfonamides is 1. The van der Waals surface area contributed by atoms with Gasteiger partial charge in [0.05, 0.1) is 4.90 Å². The summed E-state index contributed by atoms with van der Waals surface area (Å²) < 4.78 is 48.7. The summed E-state index contributed by atoms with van der Waals surface area (Å²) in [5.74, 6) is 0. The summed E-state index contributed by atoms with van der Waals surface area (Å²) in [5, 5.41) is 0.434. The average Bonchev–Trinajstić information content (AvgIpc) is 2.86. The van der Waals surface area contributed by atoms with E-state index < -0.39 is 19.1 Å². The van der Waals surface area contributed by atoms with Gasteiger partial charge in [0.2, 0.25) is 10.0 Å². The van der Waals surface area contributed by atoms with Gasteiger partial charge in [0.15, 0.2) is 0 Å². The maximum atomic E-state index is 12.0. The third kappa shape index (κ3) is 4.41. The van der Waals surface area contributed by atoms with Gasteiger partial charge in [-0.1, -0.05) is 11.6 Å². The van der Waals surface area contributed by atoms with Crippen molar-refractivity contribution in [3.63, 3.8) is 0 Å². The van der Waals surface area contributed by atoms with E-state index in [1.807, 2.05) is 0 Å². The van der Waals surface area contributed by atoms with Crippen LogP contribution in [0, 0.1) is 0 Å². The van der Waals surface area contributed by atoms with Gasteiger partial charge in [0, 0.05) is 27.1 Å². The zero-order chi connectivity index (χ0) is 15.7. The standard InChI is InChI=1S/C11H9Cl2NO4S3/c12-8-1-4-10(5-2-8)21(17,18)14-7-9-3-6-11(19-9)20(13,15)16/h1-6,14H,7H2. The van der Waals surface area contributed by atoms with Crippen LogP contribution in [-0.2, 0) is 25.6 Å². The summed E-state index contributed by atoms with van der Waals surface area (Å²) in [4.78, 5) is 0.611. The van der Waals surface area contributed by atoms with E-state index >= 15 is 0 Å². The first-order valence-electron chi connectivity index (χ1n) is 5.47. The molecule has 0 atom stereocenters. The van der Waals surface area contributed by atoms with Crippen LogP contribution in [0.2, 0.25) is 5.02 Å². The van der Waals surface area contributed by atoms with Crippen molar-refractivity contribution in [1.82, 2.24) is 4.72 Å². The van der Waals surface area contributed by atoms with Gasteiger partial charge in [-0.25, -0.2) is 21.6 Å². The SMILES string of the molecule is O=S(=O)(Cl)c1ccc(CNS(=O)(=O)c2ccc(Cl)cc2)s1. The molecule has 1 aromatic carbocycles. The fraction of sp³-hybridized carbons (Fsp3) is 0.0909. The zero-order valence-electron chi connectivity index (χ0n) is 10.3. The molecule has 10 heteroatoms. The van der Waals surface area contributed by atoms with Gasteiger partial charge in [-0.2, -0.15) is 0 Å². The van der Waals surface area contributed by atoms with Crippen molar-refractivity contribution in [2.45, 2.75) is 15.6 Å². The number of thiophene rings is 1. The molecule has 0 aliphatic carbocycles. The van der Waals surface area contributed by atoms with Crippen molar-refractivity contribution >= 4 is 52.7 Å². The summed E-state index contributed by atoms with van der Waals surface area (Å²) in [7, 11) is -2.28. The van der Waals surface area contributed by atoms with Crippen LogP contribution >= 0.6 is 33.6 Å². The van der Waals surface area contributed by atoms with Gasteiger partial charge in [0.25, 0.3) is 9.05 Å². The fourth-order valence-corrected chi connectivity index (χ4v) is 4.73. The summed E-state index contributed by atoms with van der Waals surface area (Å²) >= 11 is 6.61. The highest BCUT2D eigenvalue weighted by Gasteiger charge is 2.16. The number of nitrogens with one attached hydrogen (secondary N) is 1. The van der Waals surface area contributed by atoms with E-state index in [2.05, 4.69) is 4.72 Å². The van der Waals surface area contributed by atoms with Gasteiger partial charge in [-0.05, 0) is 36.4 Å². The third-order valence-electron chi connectivity index (χ3n) is 2.44. The van der Waals surface area contributed by atoms with Crippen LogP contribution in [0.5, 0.6) is 0 Å². The minimum Gasteiger partial charge on any atom is -0.207 e. The lowest BCUT2D eigenvalue weighted by Gasteiger charge is -2.05. The van der Waals surface area contributed by atoms with Gasteiger partial charge in [0.1, 0.15) is 4.21 Å². The molecule has 0 saturated carbocycles. The first kappa shape index (κ1) is 16.7. The molecule has 0 spiro atoms. The van der Waals surface area contributed by atoms with Crippen LogP contribution in [0.3, 0.4) is 0 Å². The number of rotatable bonds is 5. The van der Waals surface area contributed by atoms with E-state index in [1.165, 1.54) is 36.4 Å². The van der Waals surface area contributed by atoms with Crippen molar-refractivity contribution in [1.29, 1.82) is 0 Å². The Bertz CT molecular complexity index is 842. The highest BCUT2D eigenvalue weighted by atomic mass is 35.7. The van der Waals surface area contributed by atoms with E-state index in [1.54, 1.807) is 0 Å².